The van der Waals surface area contributed by atoms with E-state index >= 15 is 0 Å². The molecule has 17 heavy (non-hydrogen) atoms. The molecule has 0 saturated carbocycles. The predicted molar refractivity (Wildman–Crippen MR) is 70.3 cm³/mol. The Hall–Kier alpha value is -1.07. The van der Waals surface area contributed by atoms with Crippen LogP contribution in [-0.2, 0) is 9.53 Å². The molecule has 4 nitrogen and oxygen atoms in total. The van der Waals surface area contributed by atoms with Gasteiger partial charge in [-0.1, -0.05) is 12.1 Å². The first kappa shape index (κ1) is 14.0. The van der Waals surface area contributed by atoms with E-state index in [1.807, 2.05) is 31.2 Å². The SMILES string of the molecule is CCOCC(C)(Nc1ccccc1Br)C(=O)O. The van der Waals surface area contributed by atoms with E-state index in [1.165, 1.54) is 0 Å². The van der Waals surface area contributed by atoms with E-state index < -0.39 is 11.5 Å². The second kappa shape index (κ2) is 6.02. The van der Waals surface area contributed by atoms with Crippen LogP contribution in [0.4, 0.5) is 5.69 Å². The summed E-state index contributed by atoms with van der Waals surface area (Å²) in [5.74, 6) is -0.943. The zero-order chi connectivity index (χ0) is 12.9. The molecule has 0 aliphatic rings. The van der Waals surface area contributed by atoms with Crippen LogP contribution in [0.3, 0.4) is 0 Å². The van der Waals surface area contributed by atoms with E-state index in [2.05, 4.69) is 21.2 Å². The fourth-order valence-electron chi connectivity index (χ4n) is 1.32. The van der Waals surface area contributed by atoms with Crippen LogP contribution in [-0.4, -0.2) is 29.8 Å². The van der Waals surface area contributed by atoms with Crippen LogP contribution in [0.25, 0.3) is 0 Å². The summed E-state index contributed by atoms with van der Waals surface area (Å²) in [6.07, 6.45) is 0. The van der Waals surface area contributed by atoms with Crippen molar-refractivity contribution in [2.24, 2.45) is 0 Å². The topological polar surface area (TPSA) is 58.6 Å². The fraction of sp³-hybridized carbons (Fsp3) is 0.417. The lowest BCUT2D eigenvalue weighted by Gasteiger charge is -2.27. The Labute approximate surface area is 109 Å². The van der Waals surface area contributed by atoms with Crippen molar-refractivity contribution in [3.8, 4) is 0 Å². The zero-order valence-corrected chi connectivity index (χ0v) is 11.5. The van der Waals surface area contributed by atoms with E-state index in [4.69, 9.17) is 4.74 Å². The third-order valence-corrected chi connectivity index (χ3v) is 3.04. The van der Waals surface area contributed by atoms with Gasteiger partial charge in [0.1, 0.15) is 0 Å². The smallest absolute Gasteiger partial charge is 0.331 e. The molecule has 0 fully saturated rings. The summed E-state index contributed by atoms with van der Waals surface area (Å²) in [6.45, 7) is 4.03. The zero-order valence-electron chi connectivity index (χ0n) is 9.87. The second-order valence-corrected chi connectivity index (χ2v) is 4.73. The summed E-state index contributed by atoms with van der Waals surface area (Å²) in [4.78, 5) is 11.3. The number of hydrogen-bond acceptors (Lipinski definition) is 3. The first-order chi connectivity index (χ1) is 7.99. The average molecular weight is 302 g/mol. The number of para-hydroxylation sites is 1. The van der Waals surface area contributed by atoms with Crippen molar-refractivity contribution in [2.75, 3.05) is 18.5 Å². The standard InChI is InChI=1S/C12H16BrNO3/c1-3-17-8-12(2,11(15)16)14-10-7-5-4-6-9(10)13/h4-7,14H,3,8H2,1-2H3,(H,15,16). The summed E-state index contributed by atoms with van der Waals surface area (Å²) >= 11 is 3.37. The van der Waals surface area contributed by atoms with Crippen LogP contribution >= 0.6 is 15.9 Å². The first-order valence-electron chi connectivity index (χ1n) is 5.33. The number of carboxylic acids is 1. The Balaban J connectivity index is 2.87. The average Bonchev–Trinajstić information content (AvgIpc) is 2.29. The van der Waals surface area contributed by atoms with Crippen molar-refractivity contribution in [2.45, 2.75) is 19.4 Å². The quantitative estimate of drug-likeness (QED) is 0.848. The van der Waals surface area contributed by atoms with Crippen LogP contribution in [0.5, 0.6) is 0 Å². The number of benzene rings is 1. The van der Waals surface area contributed by atoms with E-state index in [0.717, 1.165) is 10.2 Å². The molecule has 5 heteroatoms. The molecule has 1 unspecified atom stereocenters. The number of nitrogens with one attached hydrogen (secondary N) is 1. The summed E-state index contributed by atoms with van der Waals surface area (Å²) in [5.41, 5.74) is -0.406. The molecule has 0 radical (unpaired) electrons. The predicted octanol–water partition coefficient (Wildman–Crippen LogP) is 2.74. The molecule has 94 valence electrons. The van der Waals surface area contributed by atoms with Gasteiger partial charge in [0.25, 0.3) is 0 Å². The number of carboxylic acid groups (broad SMARTS) is 1. The highest BCUT2D eigenvalue weighted by molar-refractivity contribution is 9.10. The van der Waals surface area contributed by atoms with Crippen LogP contribution in [0, 0.1) is 0 Å². The highest BCUT2D eigenvalue weighted by Gasteiger charge is 2.33. The third-order valence-electron chi connectivity index (χ3n) is 2.35. The highest BCUT2D eigenvalue weighted by Crippen LogP contribution is 2.25. The normalized spacial score (nSPS) is 14.1. The van der Waals surface area contributed by atoms with Crippen molar-refractivity contribution in [3.05, 3.63) is 28.7 Å². The van der Waals surface area contributed by atoms with Gasteiger partial charge in [0.15, 0.2) is 5.54 Å². The second-order valence-electron chi connectivity index (χ2n) is 3.88. The monoisotopic (exact) mass is 301 g/mol. The molecular weight excluding hydrogens is 286 g/mol. The Morgan fingerprint density at radius 2 is 2.18 bits per heavy atom. The minimum atomic E-state index is -1.14. The minimum Gasteiger partial charge on any atom is -0.479 e. The van der Waals surface area contributed by atoms with Gasteiger partial charge in [-0.05, 0) is 41.9 Å². The van der Waals surface area contributed by atoms with Gasteiger partial charge >= 0.3 is 5.97 Å². The van der Waals surface area contributed by atoms with Crippen molar-refractivity contribution < 1.29 is 14.6 Å². The Morgan fingerprint density at radius 3 is 2.71 bits per heavy atom. The number of anilines is 1. The summed E-state index contributed by atoms with van der Waals surface area (Å²) < 4.78 is 6.04. The molecule has 1 atom stereocenters. The van der Waals surface area contributed by atoms with Gasteiger partial charge in [0.05, 0.1) is 6.61 Å². The van der Waals surface area contributed by atoms with E-state index in [9.17, 15) is 9.90 Å². The molecule has 0 saturated heterocycles. The maximum atomic E-state index is 11.3. The fourth-order valence-corrected chi connectivity index (χ4v) is 1.70. The maximum absolute atomic E-state index is 11.3. The molecule has 0 aliphatic carbocycles. The van der Waals surface area contributed by atoms with Crippen LogP contribution in [0.15, 0.2) is 28.7 Å². The first-order valence-corrected chi connectivity index (χ1v) is 6.13. The van der Waals surface area contributed by atoms with Gasteiger partial charge in [-0.15, -0.1) is 0 Å². The van der Waals surface area contributed by atoms with Gasteiger partial charge in [0.2, 0.25) is 0 Å². The van der Waals surface area contributed by atoms with Crippen molar-refractivity contribution >= 4 is 27.6 Å². The number of aliphatic carboxylic acids is 1. The molecule has 1 aromatic carbocycles. The summed E-state index contributed by atoms with van der Waals surface area (Å²) in [6, 6.07) is 7.38. The van der Waals surface area contributed by atoms with Gasteiger partial charge in [-0.25, -0.2) is 4.79 Å². The highest BCUT2D eigenvalue weighted by atomic mass is 79.9. The number of halogens is 1. The molecular formula is C12H16BrNO3. The molecule has 1 aromatic rings. The van der Waals surface area contributed by atoms with Crippen molar-refractivity contribution in [3.63, 3.8) is 0 Å². The largest absolute Gasteiger partial charge is 0.479 e. The maximum Gasteiger partial charge on any atom is 0.331 e. The summed E-state index contributed by atoms with van der Waals surface area (Å²) in [7, 11) is 0. The Kier molecular flexibility index (Phi) is 4.96. The number of carbonyl (C=O) groups is 1. The number of ether oxygens (including phenoxy) is 1. The van der Waals surface area contributed by atoms with E-state index in [-0.39, 0.29) is 6.61 Å². The van der Waals surface area contributed by atoms with Gasteiger partial charge in [-0.3, -0.25) is 0 Å². The molecule has 0 heterocycles. The lowest BCUT2D eigenvalue weighted by Crippen LogP contribution is -2.47. The van der Waals surface area contributed by atoms with Crippen LogP contribution < -0.4 is 5.32 Å². The van der Waals surface area contributed by atoms with Crippen LogP contribution in [0.2, 0.25) is 0 Å². The van der Waals surface area contributed by atoms with Gasteiger partial charge in [-0.2, -0.15) is 0 Å². The molecule has 0 aliphatic heterocycles. The minimum absolute atomic E-state index is 0.111. The molecule has 0 bridgehead atoms. The van der Waals surface area contributed by atoms with Gasteiger partial charge < -0.3 is 15.2 Å². The van der Waals surface area contributed by atoms with Gasteiger partial charge in [0, 0.05) is 16.8 Å². The summed E-state index contributed by atoms with van der Waals surface area (Å²) in [5, 5.41) is 12.2. The Bertz CT molecular complexity index is 397. The Morgan fingerprint density at radius 1 is 1.53 bits per heavy atom. The molecule has 0 aromatic heterocycles. The molecule has 1 rings (SSSR count). The van der Waals surface area contributed by atoms with Crippen molar-refractivity contribution in [1.29, 1.82) is 0 Å². The molecule has 0 amide bonds. The number of rotatable bonds is 6. The molecule has 0 spiro atoms. The molecule has 2 N–H and O–H groups in total. The lowest BCUT2D eigenvalue weighted by molar-refractivity contribution is -0.143. The lowest BCUT2D eigenvalue weighted by atomic mass is 10.0. The van der Waals surface area contributed by atoms with E-state index in [1.54, 1.807) is 6.92 Å². The van der Waals surface area contributed by atoms with E-state index in [0.29, 0.717) is 6.61 Å². The third kappa shape index (κ3) is 3.71. The van der Waals surface area contributed by atoms with Crippen molar-refractivity contribution in [1.82, 2.24) is 0 Å². The number of hydrogen-bond donors (Lipinski definition) is 2. The van der Waals surface area contributed by atoms with Crippen LogP contribution in [0.1, 0.15) is 13.8 Å².